The Bertz CT molecular complexity index is 1270. The van der Waals surface area contributed by atoms with Crippen LogP contribution in [0.4, 0.5) is 19.0 Å². The van der Waals surface area contributed by atoms with Crippen LogP contribution >= 0.6 is 11.3 Å². The highest BCUT2D eigenvalue weighted by molar-refractivity contribution is 7.26. The molecule has 0 spiro atoms. The third kappa shape index (κ3) is 4.07. The molecule has 3 aromatic heterocycles. The number of hydrogen-bond acceptors (Lipinski definition) is 7. The monoisotopic (exact) mass is 459 g/mol. The molecule has 1 N–H and O–H groups in total. The van der Waals surface area contributed by atoms with E-state index in [4.69, 9.17) is 9.72 Å². The summed E-state index contributed by atoms with van der Waals surface area (Å²) in [7, 11) is 0. The average Bonchev–Trinajstić information content (AvgIpc) is 3.17. The van der Waals surface area contributed by atoms with Crippen molar-refractivity contribution in [1.82, 2.24) is 20.3 Å². The minimum atomic E-state index is -4.47. The molecule has 4 heterocycles. The number of piperazine rings is 1. The lowest BCUT2D eigenvalue weighted by Crippen LogP contribution is -2.44. The highest BCUT2D eigenvalue weighted by atomic mass is 32.1. The number of alkyl halides is 3. The van der Waals surface area contributed by atoms with E-state index >= 15 is 0 Å². The zero-order valence-corrected chi connectivity index (χ0v) is 18.1. The van der Waals surface area contributed by atoms with Crippen LogP contribution in [0.15, 0.2) is 36.4 Å². The van der Waals surface area contributed by atoms with Gasteiger partial charge in [0.1, 0.15) is 10.3 Å². The Kier molecular flexibility index (Phi) is 5.34. The first-order chi connectivity index (χ1) is 15.4. The predicted octanol–water partition coefficient (Wildman–Crippen LogP) is 4.57. The lowest BCUT2D eigenvalue weighted by molar-refractivity contribution is -0.154. The zero-order chi connectivity index (χ0) is 22.3. The molecule has 0 bridgehead atoms. The van der Waals surface area contributed by atoms with Crippen molar-refractivity contribution in [2.45, 2.75) is 13.1 Å². The first-order valence-corrected chi connectivity index (χ1v) is 11.0. The Hall–Kier alpha value is -2.98. The summed E-state index contributed by atoms with van der Waals surface area (Å²) in [5.41, 5.74) is 3.37. The zero-order valence-electron chi connectivity index (χ0n) is 17.2. The van der Waals surface area contributed by atoms with Crippen LogP contribution < -0.4 is 15.0 Å². The fourth-order valence-electron chi connectivity index (χ4n) is 3.84. The van der Waals surface area contributed by atoms with Gasteiger partial charge in [-0.1, -0.05) is 30.3 Å². The van der Waals surface area contributed by atoms with Gasteiger partial charge in [0.25, 0.3) is 0 Å². The van der Waals surface area contributed by atoms with E-state index in [1.165, 1.54) is 11.3 Å². The molecule has 166 valence electrons. The Morgan fingerprint density at radius 1 is 1.09 bits per heavy atom. The smallest absolute Gasteiger partial charge is 0.422 e. The standard InChI is InChI=1S/C22H20F3N5OS/c1-13-11-15(14-5-3-2-4-6-14)27-20-16(13)17-18(32-20)19(30-9-7-26-8-10-30)29-21(28-17)31-12-22(23,24)25/h2-6,11,26H,7-10,12H2,1H3. The van der Waals surface area contributed by atoms with E-state index in [0.29, 0.717) is 24.4 Å². The van der Waals surface area contributed by atoms with E-state index in [1.54, 1.807) is 0 Å². The van der Waals surface area contributed by atoms with Crippen molar-refractivity contribution in [3.8, 4) is 17.3 Å². The molecule has 1 aliphatic rings. The Labute approximate surface area is 186 Å². The number of halogens is 3. The molecule has 0 amide bonds. The average molecular weight is 459 g/mol. The Morgan fingerprint density at radius 2 is 1.84 bits per heavy atom. The van der Waals surface area contributed by atoms with E-state index in [1.807, 2.05) is 43.3 Å². The van der Waals surface area contributed by atoms with Gasteiger partial charge in [-0.15, -0.1) is 11.3 Å². The Balaban J connectivity index is 1.69. The number of rotatable bonds is 4. The predicted molar refractivity (Wildman–Crippen MR) is 120 cm³/mol. The maximum atomic E-state index is 12.8. The first kappa shape index (κ1) is 20.9. The van der Waals surface area contributed by atoms with Crippen LogP contribution in [0.2, 0.25) is 0 Å². The minimum Gasteiger partial charge on any atom is -0.454 e. The second kappa shape index (κ2) is 8.18. The third-order valence-electron chi connectivity index (χ3n) is 5.30. The summed E-state index contributed by atoms with van der Waals surface area (Å²) in [4.78, 5) is 16.4. The molecule has 0 unspecified atom stereocenters. The molecule has 1 fully saturated rings. The molecule has 0 radical (unpaired) electrons. The summed E-state index contributed by atoms with van der Waals surface area (Å²) in [5.74, 6) is 0.595. The quantitative estimate of drug-likeness (QED) is 0.483. The highest BCUT2D eigenvalue weighted by Crippen LogP contribution is 2.40. The van der Waals surface area contributed by atoms with Crippen LogP contribution in [0.5, 0.6) is 6.01 Å². The first-order valence-electron chi connectivity index (χ1n) is 10.2. The molecule has 0 aliphatic carbocycles. The number of nitrogens with one attached hydrogen (secondary N) is 1. The molecule has 0 atom stereocenters. The van der Waals surface area contributed by atoms with Gasteiger partial charge >= 0.3 is 12.2 Å². The second-order valence-corrected chi connectivity index (χ2v) is 8.62. The van der Waals surface area contributed by atoms with Gasteiger partial charge < -0.3 is 15.0 Å². The van der Waals surface area contributed by atoms with Gasteiger partial charge in [0.05, 0.1) is 10.4 Å². The van der Waals surface area contributed by atoms with Crippen molar-refractivity contribution in [1.29, 1.82) is 0 Å². The van der Waals surface area contributed by atoms with E-state index in [9.17, 15) is 13.2 Å². The number of aryl methyl sites for hydroxylation is 1. The molecule has 0 saturated carbocycles. The largest absolute Gasteiger partial charge is 0.454 e. The van der Waals surface area contributed by atoms with Crippen LogP contribution in [0.3, 0.4) is 0 Å². The van der Waals surface area contributed by atoms with Gasteiger partial charge in [0.15, 0.2) is 12.4 Å². The number of hydrogen-bond donors (Lipinski definition) is 1. The Morgan fingerprint density at radius 3 is 2.56 bits per heavy atom. The molecular formula is C22H20F3N5OS. The van der Waals surface area contributed by atoms with Gasteiger partial charge in [-0.25, -0.2) is 4.98 Å². The number of fused-ring (bicyclic) bond motifs is 3. The number of anilines is 1. The second-order valence-electron chi connectivity index (χ2n) is 7.62. The van der Waals surface area contributed by atoms with Crippen LogP contribution in [0, 0.1) is 6.92 Å². The molecule has 1 aliphatic heterocycles. The number of nitrogens with zero attached hydrogens (tertiary/aromatic N) is 4. The maximum absolute atomic E-state index is 12.8. The van der Waals surface area contributed by atoms with Gasteiger partial charge in [-0.2, -0.15) is 23.1 Å². The van der Waals surface area contributed by atoms with E-state index in [0.717, 1.165) is 44.8 Å². The van der Waals surface area contributed by atoms with Crippen molar-refractivity contribution >= 4 is 37.6 Å². The molecule has 5 rings (SSSR count). The van der Waals surface area contributed by atoms with Crippen LogP contribution in [-0.4, -0.2) is 53.9 Å². The molecule has 4 aromatic rings. The fourth-order valence-corrected chi connectivity index (χ4v) is 5.05. The van der Waals surface area contributed by atoms with Gasteiger partial charge in [0.2, 0.25) is 0 Å². The van der Waals surface area contributed by atoms with Crippen LogP contribution in [0.1, 0.15) is 5.56 Å². The van der Waals surface area contributed by atoms with Gasteiger partial charge in [-0.3, -0.25) is 0 Å². The lowest BCUT2D eigenvalue weighted by atomic mass is 10.1. The third-order valence-corrected chi connectivity index (χ3v) is 6.37. The van der Waals surface area contributed by atoms with Crippen molar-refractivity contribution in [2.24, 2.45) is 0 Å². The normalized spacial score (nSPS) is 14.9. The number of pyridine rings is 1. The number of thiophene rings is 1. The molecule has 6 nitrogen and oxygen atoms in total. The van der Waals surface area contributed by atoms with E-state index in [2.05, 4.69) is 20.2 Å². The maximum Gasteiger partial charge on any atom is 0.422 e. The SMILES string of the molecule is Cc1cc(-c2ccccc2)nc2sc3c(N4CCNCC4)nc(OCC(F)(F)F)nc3c12. The molecule has 1 saturated heterocycles. The van der Waals surface area contributed by atoms with Gasteiger partial charge in [0, 0.05) is 37.1 Å². The number of aromatic nitrogens is 3. The molecular weight excluding hydrogens is 439 g/mol. The van der Waals surface area contributed by atoms with Crippen LogP contribution in [0.25, 0.3) is 31.7 Å². The summed E-state index contributed by atoms with van der Waals surface area (Å²) in [5, 5.41) is 4.10. The van der Waals surface area contributed by atoms with E-state index < -0.39 is 12.8 Å². The van der Waals surface area contributed by atoms with Crippen molar-refractivity contribution in [3.63, 3.8) is 0 Å². The molecule has 1 aromatic carbocycles. The van der Waals surface area contributed by atoms with Crippen molar-refractivity contribution in [3.05, 3.63) is 42.0 Å². The highest BCUT2D eigenvalue weighted by Gasteiger charge is 2.30. The van der Waals surface area contributed by atoms with E-state index in [-0.39, 0.29) is 6.01 Å². The summed E-state index contributed by atoms with van der Waals surface area (Å²) >= 11 is 1.46. The fraction of sp³-hybridized carbons (Fsp3) is 0.318. The summed E-state index contributed by atoms with van der Waals surface area (Å²) in [6, 6.07) is 11.6. The lowest BCUT2D eigenvalue weighted by Gasteiger charge is -2.28. The number of benzene rings is 1. The topological polar surface area (TPSA) is 63.2 Å². The summed E-state index contributed by atoms with van der Waals surface area (Å²) < 4.78 is 44.1. The minimum absolute atomic E-state index is 0.269. The van der Waals surface area contributed by atoms with Gasteiger partial charge in [-0.05, 0) is 18.6 Å². The van der Waals surface area contributed by atoms with Crippen molar-refractivity contribution < 1.29 is 17.9 Å². The van der Waals surface area contributed by atoms with Crippen molar-refractivity contribution in [2.75, 3.05) is 37.7 Å². The number of ether oxygens (including phenoxy) is 1. The summed E-state index contributed by atoms with van der Waals surface area (Å²) in [6.07, 6.45) is -4.47. The molecule has 10 heteroatoms. The summed E-state index contributed by atoms with van der Waals surface area (Å²) in [6.45, 7) is 3.46. The van der Waals surface area contributed by atoms with Crippen LogP contribution in [-0.2, 0) is 0 Å². The molecule has 32 heavy (non-hydrogen) atoms.